The lowest BCUT2D eigenvalue weighted by Gasteiger charge is -1.96. The van der Waals surface area contributed by atoms with Gasteiger partial charge in [0.25, 0.3) is 0 Å². The minimum Gasteiger partial charge on any atom is -0.264 e. The molecule has 4 heteroatoms. The minimum atomic E-state index is 0.365. The molecule has 2 aromatic rings. The molecule has 2 aromatic heterocycles. The van der Waals surface area contributed by atoms with E-state index in [1.165, 1.54) is 0 Å². The Labute approximate surface area is 88.8 Å². The van der Waals surface area contributed by atoms with Crippen LogP contribution in [0.25, 0.3) is 11.4 Å². The molecule has 0 aliphatic rings. The molecule has 0 bridgehead atoms. The summed E-state index contributed by atoms with van der Waals surface area (Å²) in [6.07, 6.45) is 3.60. The van der Waals surface area contributed by atoms with Gasteiger partial charge in [-0.25, -0.2) is 4.98 Å². The second-order valence-electron chi connectivity index (χ2n) is 3.95. The van der Waals surface area contributed by atoms with E-state index < -0.39 is 0 Å². The first-order chi connectivity index (χ1) is 7.16. The first-order valence-corrected chi connectivity index (χ1v) is 5.01. The van der Waals surface area contributed by atoms with Gasteiger partial charge < -0.3 is 0 Å². The molecule has 0 atom stereocenters. The lowest BCUT2D eigenvalue weighted by molar-refractivity contribution is 0.781. The fourth-order valence-electron chi connectivity index (χ4n) is 1.34. The van der Waals surface area contributed by atoms with Gasteiger partial charge in [-0.2, -0.15) is 5.10 Å². The van der Waals surface area contributed by atoms with E-state index in [0.717, 1.165) is 22.8 Å². The molecule has 4 nitrogen and oxygen atoms in total. The van der Waals surface area contributed by atoms with Crippen molar-refractivity contribution >= 4 is 0 Å². The highest BCUT2D eigenvalue weighted by atomic mass is 15.2. The highest BCUT2D eigenvalue weighted by Crippen LogP contribution is 2.17. The van der Waals surface area contributed by atoms with Crippen LogP contribution in [0.5, 0.6) is 0 Å². The Hall–Kier alpha value is -1.71. The highest BCUT2D eigenvalue weighted by molar-refractivity contribution is 5.53. The number of aryl methyl sites for hydroxylation is 1. The van der Waals surface area contributed by atoms with Gasteiger partial charge in [0, 0.05) is 23.9 Å². The average molecular weight is 202 g/mol. The van der Waals surface area contributed by atoms with Gasteiger partial charge in [0.2, 0.25) is 0 Å². The Kier molecular flexibility index (Phi) is 2.49. The molecule has 0 spiro atoms. The number of hydrogen-bond donors (Lipinski definition) is 1. The largest absolute Gasteiger partial charge is 0.264 e. The van der Waals surface area contributed by atoms with Gasteiger partial charge in [0.15, 0.2) is 5.82 Å². The van der Waals surface area contributed by atoms with Crippen LogP contribution in [0.1, 0.15) is 31.2 Å². The van der Waals surface area contributed by atoms with E-state index in [1.807, 2.05) is 19.2 Å². The van der Waals surface area contributed by atoms with Crippen LogP contribution in [-0.4, -0.2) is 20.2 Å². The van der Waals surface area contributed by atoms with Crippen LogP contribution < -0.4 is 0 Å². The molecule has 0 saturated heterocycles. The maximum absolute atomic E-state index is 4.41. The minimum absolute atomic E-state index is 0.365. The standard InChI is InChI=1S/C11H14N4/c1-7(2)10-13-11(15-14-10)9-4-8(3)5-12-6-9/h4-7H,1-3H3,(H,13,14,15). The summed E-state index contributed by atoms with van der Waals surface area (Å²) in [7, 11) is 0. The number of aromatic nitrogens is 4. The van der Waals surface area contributed by atoms with Crippen LogP contribution in [-0.2, 0) is 0 Å². The van der Waals surface area contributed by atoms with Crippen molar-refractivity contribution in [1.29, 1.82) is 0 Å². The third-order valence-electron chi connectivity index (χ3n) is 2.18. The summed E-state index contributed by atoms with van der Waals surface area (Å²) >= 11 is 0. The summed E-state index contributed by atoms with van der Waals surface area (Å²) in [6, 6.07) is 2.03. The van der Waals surface area contributed by atoms with E-state index in [9.17, 15) is 0 Å². The summed E-state index contributed by atoms with van der Waals surface area (Å²) in [5, 5.41) is 7.11. The second-order valence-corrected chi connectivity index (χ2v) is 3.95. The number of aromatic amines is 1. The second kappa shape index (κ2) is 3.81. The van der Waals surface area contributed by atoms with Gasteiger partial charge in [-0.15, -0.1) is 0 Å². The molecule has 0 unspecified atom stereocenters. The third-order valence-corrected chi connectivity index (χ3v) is 2.18. The van der Waals surface area contributed by atoms with Crippen molar-refractivity contribution in [3.63, 3.8) is 0 Å². The number of nitrogens with one attached hydrogen (secondary N) is 1. The van der Waals surface area contributed by atoms with Crippen LogP contribution in [0, 0.1) is 6.92 Å². The van der Waals surface area contributed by atoms with Crippen molar-refractivity contribution in [3.8, 4) is 11.4 Å². The predicted octanol–water partition coefficient (Wildman–Crippen LogP) is 2.30. The maximum Gasteiger partial charge on any atom is 0.182 e. The molecule has 0 fully saturated rings. The third kappa shape index (κ3) is 2.03. The van der Waals surface area contributed by atoms with Crippen molar-refractivity contribution < 1.29 is 0 Å². The molecule has 0 saturated carbocycles. The lowest BCUT2D eigenvalue weighted by Crippen LogP contribution is -1.89. The van der Waals surface area contributed by atoms with E-state index in [4.69, 9.17) is 0 Å². The van der Waals surface area contributed by atoms with E-state index in [-0.39, 0.29) is 0 Å². The summed E-state index contributed by atoms with van der Waals surface area (Å²) < 4.78 is 0. The van der Waals surface area contributed by atoms with Crippen LogP contribution in [0.3, 0.4) is 0 Å². The fourth-order valence-corrected chi connectivity index (χ4v) is 1.34. The Balaban J connectivity index is 2.37. The van der Waals surface area contributed by atoms with Crippen molar-refractivity contribution in [1.82, 2.24) is 20.2 Å². The van der Waals surface area contributed by atoms with Crippen molar-refractivity contribution in [2.45, 2.75) is 26.7 Å². The van der Waals surface area contributed by atoms with E-state index in [2.05, 4.69) is 34.0 Å². The van der Waals surface area contributed by atoms with Gasteiger partial charge in [0.05, 0.1) is 0 Å². The molecular weight excluding hydrogens is 188 g/mol. The van der Waals surface area contributed by atoms with Crippen LogP contribution >= 0.6 is 0 Å². The summed E-state index contributed by atoms with van der Waals surface area (Å²) in [5.41, 5.74) is 2.07. The first-order valence-electron chi connectivity index (χ1n) is 5.01. The molecule has 1 N–H and O–H groups in total. The Morgan fingerprint density at radius 1 is 1.27 bits per heavy atom. The predicted molar refractivity (Wildman–Crippen MR) is 58.4 cm³/mol. The average Bonchev–Trinajstić information content (AvgIpc) is 2.66. The van der Waals surface area contributed by atoms with Crippen LogP contribution in [0.15, 0.2) is 18.5 Å². The van der Waals surface area contributed by atoms with Crippen molar-refractivity contribution in [2.24, 2.45) is 0 Å². The molecule has 0 aromatic carbocycles. The molecule has 15 heavy (non-hydrogen) atoms. The smallest absolute Gasteiger partial charge is 0.182 e. The number of nitrogens with zero attached hydrogens (tertiary/aromatic N) is 3. The monoisotopic (exact) mass is 202 g/mol. The molecule has 78 valence electrons. The quantitative estimate of drug-likeness (QED) is 0.812. The Bertz CT molecular complexity index is 459. The van der Waals surface area contributed by atoms with Crippen molar-refractivity contribution in [3.05, 3.63) is 29.8 Å². The van der Waals surface area contributed by atoms with Gasteiger partial charge >= 0.3 is 0 Å². The molecule has 2 rings (SSSR count). The van der Waals surface area contributed by atoms with E-state index >= 15 is 0 Å². The summed E-state index contributed by atoms with van der Waals surface area (Å²) in [6.45, 7) is 6.17. The van der Waals surface area contributed by atoms with Gasteiger partial charge in [-0.1, -0.05) is 13.8 Å². The lowest BCUT2D eigenvalue weighted by atomic mass is 10.2. The topological polar surface area (TPSA) is 54.5 Å². The number of rotatable bonds is 2. The Morgan fingerprint density at radius 3 is 2.67 bits per heavy atom. The van der Waals surface area contributed by atoms with Gasteiger partial charge in [-0.05, 0) is 18.6 Å². The molecule has 0 radical (unpaired) electrons. The maximum atomic E-state index is 4.41. The molecule has 2 heterocycles. The molecule has 0 amide bonds. The zero-order valence-electron chi connectivity index (χ0n) is 9.15. The number of hydrogen-bond acceptors (Lipinski definition) is 3. The van der Waals surface area contributed by atoms with E-state index in [1.54, 1.807) is 6.20 Å². The fraction of sp³-hybridized carbons (Fsp3) is 0.364. The van der Waals surface area contributed by atoms with E-state index in [0.29, 0.717) is 5.92 Å². The summed E-state index contributed by atoms with van der Waals surface area (Å²) in [5.74, 6) is 1.99. The van der Waals surface area contributed by atoms with Gasteiger partial charge in [0.1, 0.15) is 5.82 Å². The van der Waals surface area contributed by atoms with Crippen LogP contribution in [0.2, 0.25) is 0 Å². The first kappa shape index (κ1) is 9.83. The zero-order chi connectivity index (χ0) is 10.8. The SMILES string of the molecule is Cc1cncc(-c2n[nH]c(C(C)C)n2)c1. The number of H-pyrrole nitrogens is 1. The normalized spacial score (nSPS) is 10.9. The summed E-state index contributed by atoms with van der Waals surface area (Å²) in [4.78, 5) is 8.54. The Morgan fingerprint density at radius 2 is 2.07 bits per heavy atom. The molecule has 0 aliphatic carbocycles. The van der Waals surface area contributed by atoms with Gasteiger partial charge in [-0.3, -0.25) is 10.1 Å². The zero-order valence-corrected chi connectivity index (χ0v) is 9.15. The van der Waals surface area contributed by atoms with Crippen LogP contribution in [0.4, 0.5) is 0 Å². The molecule has 0 aliphatic heterocycles. The van der Waals surface area contributed by atoms with Crippen molar-refractivity contribution in [2.75, 3.05) is 0 Å². The molecular formula is C11H14N4. The highest BCUT2D eigenvalue weighted by Gasteiger charge is 2.08. The number of pyridine rings is 1.